The fraction of sp³-hybridized carbons (Fsp3) is 0.750. The summed E-state index contributed by atoms with van der Waals surface area (Å²) >= 11 is 1.52. The van der Waals surface area contributed by atoms with Crippen molar-refractivity contribution in [3.8, 4) is 0 Å². The highest BCUT2D eigenvalue weighted by Crippen LogP contribution is 2.30. The first-order chi connectivity index (χ1) is 10.2. The normalized spacial score (nSPS) is 19.0. The van der Waals surface area contributed by atoms with Gasteiger partial charge in [-0.1, -0.05) is 13.8 Å². The second-order valence-corrected chi connectivity index (χ2v) is 8.25. The lowest BCUT2D eigenvalue weighted by molar-refractivity contribution is 0.0117. The minimum absolute atomic E-state index is 0.127. The lowest BCUT2D eigenvalue weighted by Gasteiger charge is -2.33. The van der Waals surface area contributed by atoms with Gasteiger partial charge >= 0.3 is 6.03 Å². The molecule has 2 amide bonds. The molecule has 0 bridgehead atoms. The van der Waals surface area contributed by atoms with Crippen LogP contribution >= 0.6 is 11.3 Å². The third-order valence-electron chi connectivity index (χ3n) is 3.96. The number of amides is 2. The first kappa shape index (κ1) is 17.2. The number of anilines is 1. The smallest absolute Gasteiger partial charge is 0.322 e. The number of aryl methyl sites for hydroxylation is 1. The van der Waals surface area contributed by atoms with Crippen molar-refractivity contribution in [3.05, 3.63) is 10.7 Å². The molecule has 0 spiro atoms. The van der Waals surface area contributed by atoms with Crippen molar-refractivity contribution in [2.75, 3.05) is 11.9 Å². The molecule has 1 aromatic rings. The molecule has 1 aromatic heterocycles. The standard InChI is InChI=1S/C16H27N3O2S/c1-10(2)9-12-14(22-11(3)17-12)18-15(20)19-8-6-7-13(19)16(4,5)21/h10,13,21H,6-9H2,1-5H3,(H,18,20)/t13-/m0/s1. The molecule has 2 heterocycles. The fourth-order valence-electron chi connectivity index (χ4n) is 3.01. The van der Waals surface area contributed by atoms with Crippen molar-refractivity contribution in [2.45, 2.75) is 65.5 Å². The maximum Gasteiger partial charge on any atom is 0.322 e. The van der Waals surface area contributed by atoms with Gasteiger partial charge in [0.25, 0.3) is 0 Å². The van der Waals surface area contributed by atoms with Crippen LogP contribution in [0.2, 0.25) is 0 Å². The molecule has 124 valence electrons. The zero-order chi connectivity index (χ0) is 16.5. The Hall–Kier alpha value is -1.14. The van der Waals surface area contributed by atoms with E-state index < -0.39 is 5.60 Å². The van der Waals surface area contributed by atoms with Gasteiger partial charge in [0.2, 0.25) is 0 Å². The van der Waals surface area contributed by atoms with Crippen molar-refractivity contribution >= 4 is 22.4 Å². The van der Waals surface area contributed by atoms with Crippen LogP contribution in [-0.2, 0) is 6.42 Å². The second kappa shape index (κ2) is 6.54. The molecule has 0 unspecified atom stereocenters. The summed E-state index contributed by atoms with van der Waals surface area (Å²) < 4.78 is 0. The van der Waals surface area contributed by atoms with E-state index in [1.54, 1.807) is 18.7 Å². The minimum atomic E-state index is -0.877. The molecule has 6 heteroatoms. The van der Waals surface area contributed by atoms with Crippen molar-refractivity contribution in [2.24, 2.45) is 5.92 Å². The van der Waals surface area contributed by atoms with Crippen LogP contribution in [0.15, 0.2) is 0 Å². The number of urea groups is 1. The van der Waals surface area contributed by atoms with Crippen molar-refractivity contribution in [1.82, 2.24) is 9.88 Å². The van der Waals surface area contributed by atoms with Gasteiger partial charge in [0.1, 0.15) is 5.00 Å². The summed E-state index contributed by atoms with van der Waals surface area (Å²) in [5.74, 6) is 0.494. The molecular weight excluding hydrogens is 298 g/mol. The largest absolute Gasteiger partial charge is 0.388 e. The monoisotopic (exact) mass is 325 g/mol. The number of likely N-dealkylation sites (tertiary alicyclic amines) is 1. The van der Waals surface area contributed by atoms with Crippen LogP contribution in [0.3, 0.4) is 0 Å². The summed E-state index contributed by atoms with van der Waals surface area (Å²) in [6.07, 6.45) is 2.63. The zero-order valence-corrected chi connectivity index (χ0v) is 15.0. The summed E-state index contributed by atoms with van der Waals surface area (Å²) in [7, 11) is 0. The predicted octanol–water partition coefficient (Wildman–Crippen LogP) is 3.42. The molecule has 1 fully saturated rings. The van der Waals surface area contributed by atoms with Crippen LogP contribution in [0.1, 0.15) is 51.2 Å². The van der Waals surface area contributed by atoms with Gasteiger partial charge in [-0.15, -0.1) is 11.3 Å². The lowest BCUT2D eigenvalue weighted by atomic mass is 9.97. The topological polar surface area (TPSA) is 65.5 Å². The highest BCUT2D eigenvalue weighted by molar-refractivity contribution is 7.16. The number of carbonyl (C=O) groups excluding carboxylic acids is 1. The fourth-order valence-corrected chi connectivity index (χ4v) is 3.84. The van der Waals surface area contributed by atoms with Crippen LogP contribution in [-0.4, -0.2) is 39.2 Å². The van der Waals surface area contributed by atoms with E-state index in [1.165, 1.54) is 11.3 Å². The number of aromatic nitrogens is 1. The van der Waals surface area contributed by atoms with E-state index in [9.17, 15) is 9.90 Å². The number of aliphatic hydroxyl groups is 1. The van der Waals surface area contributed by atoms with E-state index in [-0.39, 0.29) is 12.1 Å². The number of nitrogens with one attached hydrogen (secondary N) is 1. The first-order valence-electron chi connectivity index (χ1n) is 7.94. The van der Waals surface area contributed by atoms with E-state index in [4.69, 9.17) is 0 Å². The molecule has 5 nitrogen and oxygen atoms in total. The van der Waals surface area contributed by atoms with E-state index in [2.05, 4.69) is 24.1 Å². The Labute approximate surface area is 136 Å². The number of nitrogens with zero attached hydrogens (tertiary/aromatic N) is 2. The average molecular weight is 325 g/mol. The Bertz CT molecular complexity index is 534. The quantitative estimate of drug-likeness (QED) is 0.891. The highest BCUT2D eigenvalue weighted by Gasteiger charge is 2.38. The number of hydrogen-bond acceptors (Lipinski definition) is 4. The Kier molecular flexibility index (Phi) is 5.12. The molecule has 1 aliphatic rings. The van der Waals surface area contributed by atoms with E-state index in [0.717, 1.165) is 35.0 Å². The van der Waals surface area contributed by atoms with Crippen LogP contribution in [0.5, 0.6) is 0 Å². The van der Waals surface area contributed by atoms with E-state index >= 15 is 0 Å². The molecule has 0 saturated carbocycles. The number of hydrogen-bond donors (Lipinski definition) is 2. The number of thiazole rings is 1. The number of rotatable bonds is 4. The summed E-state index contributed by atoms with van der Waals surface area (Å²) in [4.78, 5) is 18.9. The Morgan fingerprint density at radius 3 is 2.82 bits per heavy atom. The molecule has 22 heavy (non-hydrogen) atoms. The van der Waals surface area contributed by atoms with Gasteiger partial charge < -0.3 is 10.0 Å². The van der Waals surface area contributed by atoms with Gasteiger partial charge in [-0.2, -0.15) is 0 Å². The predicted molar refractivity (Wildman–Crippen MR) is 90.4 cm³/mol. The summed E-state index contributed by atoms with van der Waals surface area (Å²) in [6, 6.07) is -0.256. The summed E-state index contributed by atoms with van der Waals surface area (Å²) in [6.45, 7) is 10.5. The second-order valence-electron chi connectivity index (χ2n) is 7.04. The Morgan fingerprint density at radius 1 is 1.55 bits per heavy atom. The van der Waals surface area contributed by atoms with Crippen LogP contribution in [0, 0.1) is 12.8 Å². The molecule has 1 aliphatic heterocycles. The zero-order valence-electron chi connectivity index (χ0n) is 14.1. The average Bonchev–Trinajstić information content (AvgIpc) is 2.95. The van der Waals surface area contributed by atoms with Crippen LogP contribution in [0.4, 0.5) is 9.80 Å². The molecule has 0 radical (unpaired) electrons. The van der Waals surface area contributed by atoms with Crippen LogP contribution in [0.25, 0.3) is 0 Å². The van der Waals surface area contributed by atoms with Crippen LogP contribution < -0.4 is 5.32 Å². The maximum absolute atomic E-state index is 12.6. The molecule has 0 aromatic carbocycles. The minimum Gasteiger partial charge on any atom is -0.388 e. The summed E-state index contributed by atoms with van der Waals surface area (Å²) in [5, 5.41) is 15.1. The highest BCUT2D eigenvalue weighted by atomic mass is 32.1. The van der Waals surface area contributed by atoms with Gasteiger partial charge in [-0.25, -0.2) is 9.78 Å². The molecule has 0 aliphatic carbocycles. The van der Waals surface area contributed by atoms with Gasteiger partial charge in [0.05, 0.1) is 22.3 Å². The Morgan fingerprint density at radius 2 is 2.23 bits per heavy atom. The van der Waals surface area contributed by atoms with E-state index in [0.29, 0.717) is 12.5 Å². The molecule has 1 atom stereocenters. The van der Waals surface area contributed by atoms with Crippen molar-refractivity contribution < 1.29 is 9.90 Å². The lowest BCUT2D eigenvalue weighted by Crippen LogP contribution is -2.49. The van der Waals surface area contributed by atoms with Gasteiger partial charge in [-0.3, -0.25) is 5.32 Å². The van der Waals surface area contributed by atoms with Crippen molar-refractivity contribution in [1.29, 1.82) is 0 Å². The van der Waals surface area contributed by atoms with E-state index in [1.807, 2.05) is 6.92 Å². The van der Waals surface area contributed by atoms with Crippen molar-refractivity contribution in [3.63, 3.8) is 0 Å². The number of carbonyl (C=O) groups is 1. The molecular formula is C16H27N3O2S. The first-order valence-corrected chi connectivity index (χ1v) is 8.76. The molecule has 2 rings (SSSR count). The SMILES string of the molecule is Cc1nc(CC(C)C)c(NC(=O)N2CCC[C@H]2C(C)(C)O)s1. The maximum atomic E-state index is 12.6. The summed E-state index contributed by atoms with van der Waals surface area (Å²) in [5.41, 5.74) is 0.0861. The molecule has 1 saturated heterocycles. The van der Waals surface area contributed by atoms with Gasteiger partial charge in [0.15, 0.2) is 0 Å². The third kappa shape index (κ3) is 3.98. The van der Waals surface area contributed by atoms with Gasteiger partial charge in [-0.05, 0) is 46.0 Å². The van der Waals surface area contributed by atoms with Gasteiger partial charge in [0, 0.05) is 6.54 Å². The third-order valence-corrected chi connectivity index (χ3v) is 4.88. The molecule has 2 N–H and O–H groups in total. The Balaban J connectivity index is 2.12.